The normalized spacial score (nSPS) is 19.6. The van der Waals surface area contributed by atoms with Crippen LogP contribution in [0.4, 0.5) is 0 Å². The highest BCUT2D eigenvalue weighted by atomic mass is 16.3. The molecular formula is C57H41N3O2. The molecule has 4 bridgehead atoms. The second-order valence-corrected chi connectivity index (χ2v) is 19.2. The number of fused-ring (bicyclic) bond motifs is 14. The molecular weight excluding hydrogens is 759 g/mol. The Kier molecular flexibility index (Phi) is 6.61. The Labute approximate surface area is 357 Å². The van der Waals surface area contributed by atoms with Gasteiger partial charge in [0.25, 0.3) is 0 Å². The second kappa shape index (κ2) is 11.8. The van der Waals surface area contributed by atoms with E-state index < -0.39 is 0 Å². The van der Waals surface area contributed by atoms with Crippen LogP contribution in [0.25, 0.3) is 104 Å². The molecule has 2 atom stereocenters. The summed E-state index contributed by atoms with van der Waals surface area (Å²) in [6.07, 6.45) is 6.06. The van der Waals surface area contributed by atoms with Gasteiger partial charge < -0.3 is 13.2 Å². The van der Waals surface area contributed by atoms with Gasteiger partial charge in [0.05, 0.1) is 45.2 Å². The molecule has 296 valence electrons. The molecule has 4 aliphatic rings. The molecule has 4 aromatic heterocycles. The van der Waals surface area contributed by atoms with E-state index in [1.807, 2.05) is 0 Å². The summed E-state index contributed by atoms with van der Waals surface area (Å²) in [6, 6.07) is 37.8. The molecule has 15 rings (SSSR count). The minimum atomic E-state index is 0.411. The van der Waals surface area contributed by atoms with Crippen molar-refractivity contribution in [2.24, 2.45) is 11.8 Å². The first kappa shape index (κ1) is 34.6. The van der Waals surface area contributed by atoms with Gasteiger partial charge in [0.1, 0.15) is 22.3 Å². The fraction of sp³-hybridized carbons (Fsp3) is 0.228. The van der Waals surface area contributed by atoms with E-state index in [4.69, 9.17) is 8.83 Å². The lowest BCUT2D eigenvalue weighted by molar-refractivity contribution is 0.166. The first-order chi connectivity index (χ1) is 30.3. The third-order valence-electron chi connectivity index (χ3n) is 15.8. The number of aromatic nitrogens is 1. The quantitative estimate of drug-likeness (QED) is 0.174. The smallest absolute Gasteiger partial charge is 0.146 e. The molecule has 5 nitrogen and oxygen atoms in total. The molecule has 0 N–H and O–H groups in total. The number of hydrogen-bond acceptors (Lipinski definition) is 4. The molecule has 2 fully saturated rings. The minimum Gasteiger partial charge on any atom is -0.456 e. The van der Waals surface area contributed by atoms with Crippen LogP contribution in [0.2, 0.25) is 0 Å². The fourth-order valence-corrected chi connectivity index (χ4v) is 13.8. The van der Waals surface area contributed by atoms with Crippen LogP contribution < -0.4 is 0 Å². The van der Waals surface area contributed by atoms with E-state index in [0.717, 1.165) is 87.9 Å². The van der Waals surface area contributed by atoms with Crippen molar-refractivity contribution in [2.45, 2.75) is 71.6 Å². The number of nitriles is 2. The number of furan rings is 2. The molecule has 0 saturated heterocycles. The Bertz CT molecular complexity index is 3900. The fourth-order valence-electron chi connectivity index (χ4n) is 13.8. The van der Waals surface area contributed by atoms with E-state index in [-0.39, 0.29) is 0 Å². The molecule has 0 radical (unpaired) electrons. The summed E-state index contributed by atoms with van der Waals surface area (Å²) in [6.45, 7) is 8.70. The summed E-state index contributed by atoms with van der Waals surface area (Å²) in [4.78, 5) is 0. The average Bonchev–Trinajstić information content (AvgIpc) is 3.98. The molecule has 4 aliphatic carbocycles. The lowest BCUT2D eigenvalue weighted by atomic mass is 9.67. The average molecular weight is 800 g/mol. The van der Waals surface area contributed by atoms with Gasteiger partial charge in [-0.25, -0.2) is 0 Å². The van der Waals surface area contributed by atoms with Crippen LogP contribution in [0.1, 0.15) is 88.4 Å². The van der Waals surface area contributed by atoms with Gasteiger partial charge in [0.2, 0.25) is 0 Å². The van der Waals surface area contributed by atoms with Gasteiger partial charge in [0, 0.05) is 37.7 Å². The number of aryl methyl sites for hydroxylation is 4. The Morgan fingerprint density at radius 1 is 0.516 bits per heavy atom. The van der Waals surface area contributed by atoms with Crippen molar-refractivity contribution in [1.29, 1.82) is 10.5 Å². The van der Waals surface area contributed by atoms with Gasteiger partial charge in [-0.15, -0.1) is 0 Å². The van der Waals surface area contributed by atoms with Crippen LogP contribution in [-0.4, -0.2) is 4.40 Å². The van der Waals surface area contributed by atoms with Crippen LogP contribution in [0.15, 0.2) is 99.8 Å². The zero-order valence-corrected chi connectivity index (χ0v) is 35.2. The van der Waals surface area contributed by atoms with Gasteiger partial charge in [-0.05, 0) is 176 Å². The maximum absolute atomic E-state index is 11.3. The van der Waals surface area contributed by atoms with Gasteiger partial charge >= 0.3 is 0 Å². The van der Waals surface area contributed by atoms with Crippen LogP contribution in [0.5, 0.6) is 0 Å². The largest absolute Gasteiger partial charge is 0.456 e. The van der Waals surface area contributed by atoms with Crippen molar-refractivity contribution >= 4 is 82.0 Å². The summed E-state index contributed by atoms with van der Waals surface area (Å²) < 4.78 is 16.5. The molecule has 62 heavy (non-hydrogen) atoms. The summed E-state index contributed by atoms with van der Waals surface area (Å²) in [5, 5.41) is 30.8. The molecule has 2 unspecified atom stereocenters. The van der Waals surface area contributed by atoms with Crippen molar-refractivity contribution in [3.63, 3.8) is 0 Å². The number of benzene rings is 7. The second-order valence-electron chi connectivity index (χ2n) is 19.2. The highest BCUT2D eigenvalue weighted by Gasteiger charge is 2.45. The zero-order chi connectivity index (χ0) is 41.4. The molecule has 5 heteroatoms. The Balaban J connectivity index is 1.21. The van der Waals surface area contributed by atoms with Gasteiger partial charge in [0.15, 0.2) is 0 Å². The van der Waals surface area contributed by atoms with Crippen molar-refractivity contribution in [2.75, 3.05) is 0 Å². The summed E-state index contributed by atoms with van der Waals surface area (Å²) in [5.74, 6) is 2.24. The summed E-state index contributed by atoms with van der Waals surface area (Å²) in [5.41, 5.74) is 19.6. The van der Waals surface area contributed by atoms with E-state index in [9.17, 15) is 10.5 Å². The van der Waals surface area contributed by atoms with Crippen molar-refractivity contribution in [3.8, 4) is 34.4 Å². The van der Waals surface area contributed by atoms with Crippen LogP contribution in [0.3, 0.4) is 0 Å². The van der Waals surface area contributed by atoms with Gasteiger partial charge in [-0.2, -0.15) is 10.5 Å². The summed E-state index contributed by atoms with van der Waals surface area (Å²) >= 11 is 0. The highest BCUT2D eigenvalue weighted by Crippen LogP contribution is 2.60. The third-order valence-corrected chi connectivity index (χ3v) is 15.8. The van der Waals surface area contributed by atoms with E-state index in [1.54, 1.807) is 0 Å². The Morgan fingerprint density at radius 2 is 1.15 bits per heavy atom. The Hall–Kier alpha value is -7.08. The van der Waals surface area contributed by atoms with Crippen LogP contribution in [-0.2, 0) is 0 Å². The number of hydrogen-bond donors (Lipinski definition) is 0. The van der Waals surface area contributed by atoms with E-state index >= 15 is 0 Å². The van der Waals surface area contributed by atoms with Gasteiger partial charge in [-0.3, -0.25) is 0 Å². The molecule has 0 aliphatic heterocycles. The predicted octanol–water partition coefficient (Wildman–Crippen LogP) is 15.3. The van der Waals surface area contributed by atoms with Crippen LogP contribution >= 0.6 is 0 Å². The minimum absolute atomic E-state index is 0.411. The lowest BCUT2D eigenvalue weighted by Gasteiger charge is -2.38. The first-order valence-corrected chi connectivity index (χ1v) is 22.3. The maximum Gasteiger partial charge on any atom is 0.146 e. The topological polar surface area (TPSA) is 78.3 Å². The van der Waals surface area contributed by atoms with Gasteiger partial charge in [-0.1, -0.05) is 54.6 Å². The maximum atomic E-state index is 11.3. The van der Waals surface area contributed by atoms with Crippen molar-refractivity contribution in [3.05, 3.63) is 136 Å². The van der Waals surface area contributed by atoms with E-state index in [1.165, 1.54) is 81.8 Å². The van der Waals surface area contributed by atoms with E-state index in [2.05, 4.69) is 135 Å². The molecule has 11 aromatic rings. The summed E-state index contributed by atoms with van der Waals surface area (Å²) in [7, 11) is 0. The monoisotopic (exact) mass is 799 g/mol. The lowest BCUT2D eigenvalue weighted by Crippen LogP contribution is -2.25. The van der Waals surface area contributed by atoms with Crippen LogP contribution in [0, 0.1) is 62.2 Å². The SMILES string of the molecule is Cc1cccc(C)c1-c1cc(-c2c(C)cccc2C)c2c(c1)oc1c2c(C#N)cc2c1c1cc3oc4ccccc4c3c3c4c5c(c(C#N)cc4n2c13)C1CC2CC(C1)CC5C2. The molecule has 2 saturated carbocycles. The molecule has 0 amide bonds. The van der Waals surface area contributed by atoms with Crippen molar-refractivity contribution in [1.82, 2.24) is 4.40 Å². The third kappa shape index (κ3) is 4.22. The molecule has 7 aromatic carbocycles. The first-order valence-electron chi connectivity index (χ1n) is 22.3. The molecule has 4 heterocycles. The number of nitrogens with zero attached hydrogens (tertiary/aromatic N) is 3. The van der Waals surface area contributed by atoms with Crippen molar-refractivity contribution < 1.29 is 8.83 Å². The van der Waals surface area contributed by atoms with E-state index in [0.29, 0.717) is 34.8 Å². The standard InChI is InChI=1S/C57H41N3O2/c1-27-9-7-10-28(2)46(27)35-20-39(47-29(3)11-8-12-30(47)4)53-44(23-35)62-57-50(53)37(26-59)22-41-51(57)40-24-45-52(38-13-5-6-14-43(38)61-45)55-54-42(60(41)56(40)55)21-36(25-58)48-33-16-31-15-32(17-33)19-34(18-31)49(48)54/h5-14,20-24,31-34H,15-19H2,1-4H3. The highest BCUT2D eigenvalue weighted by molar-refractivity contribution is 6.38. The zero-order valence-electron chi connectivity index (χ0n) is 35.2. The number of para-hydroxylation sites is 1. The predicted molar refractivity (Wildman–Crippen MR) is 250 cm³/mol. The number of rotatable bonds is 2. The molecule has 0 spiro atoms. The Morgan fingerprint density at radius 3 is 1.85 bits per heavy atom.